The molecule has 0 N–H and O–H groups in total. The minimum Gasteiger partial charge on any atom is -0.458 e. The second kappa shape index (κ2) is 16.8. The van der Waals surface area contributed by atoms with Crippen molar-refractivity contribution in [1.82, 2.24) is 0 Å². The van der Waals surface area contributed by atoms with E-state index >= 15 is 0 Å². The lowest BCUT2D eigenvalue weighted by Gasteiger charge is -2.41. The molecule has 2 aliphatic heterocycles. The molecule has 0 spiro atoms. The largest absolute Gasteiger partial charge is 0.458 e. The minimum atomic E-state index is -0.0676. The Morgan fingerprint density at radius 2 is 1.03 bits per heavy atom. The summed E-state index contributed by atoms with van der Waals surface area (Å²) >= 11 is 1.89. The molecule has 362 valence electrons. The molecule has 0 bridgehead atoms. The molecule has 0 amide bonds. The first-order chi connectivity index (χ1) is 33.9. The number of anilines is 6. The van der Waals surface area contributed by atoms with Crippen molar-refractivity contribution in [2.45, 2.75) is 126 Å². The molecule has 3 heterocycles. The average molecular weight is 961 g/mol. The van der Waals surface area contributed by atoms with Gasteiger partial charge in [0.15, 0.2) is 0 Å². The van der Waals surface area contributed by atoms with Crippen LogP contribution in [0.4, 0.5) is 34.1 Å². The van der Waals surface area contributed by atoms with Crippen LogP contribution in [0.15, 0.2) is 146 Å². The number of hydrogen-bond acceptors (Lipinski definition) is 4. The van der Waals surface area contributed by atoms with Gasteiger partial charge in [-0.3, -0.25) is 0 Å². The molecule has 0 aliphatic carbocycles. The lowest BCUT2D eigenvalue weighted by atomic mass is 9.33. The van der Waals surface area contributed by atoms with Gasteiger partial charge in [0, 0.05) is 43.9 Å². The van der Waals surface area contributed by atoms with Crippen molar-refractivity contribution >= 4 is 88.7 Å². The molecular formula is C67H69BN2OS. The van der Waals surface area contributed by atoms with Gasteiger partial charge in [-0.2, -0.15) is 0 Å². The molecule has 9 aromatic rings. The summed E-state index contributed by atoms with van der Waals surface area (Å²) in [4.78, 5) is 5.09. The Morgan fingerprint density at radius 3 is 1.61 bits per heavy atom. The van der Waals surface area contributed by atoms with Gasteiger partial charge in [-0.15, -0.1) is 11.3 Å². The summed E-state index contributed by atoms with van der Waals surface area (Å²) in [6.45, 7) is 34.4. The van der Waals surface area contributed by atoms with Gasteiger partial charge in [0.05, 0.1) is 10.4 Å². The highest BCUT2D eigenvalue weighted by Crippen LogP contribution is 2.51. The van der Waals surface area contributed by atoms with Crippen LogP contribution < -0.4 is 30.9 Å². The van der Waals surface area contributed by atoms with E-state index in [2.05, 4.69) is 259 Å². The van der Waals surface area contributed by atoms with E-state index in [-0.39, 0.29) is 28.4 Å². The average Bonchev–Trinajstić information content (AvgIpc) is 3.69. The van der Waals surface area contributed by atoms with Crippen molar-refractivity contribution in [2.75, 3.05) is 9.80 Å². The predicted molar refractivity (Wildman–Crippen MR) is 314 cm³/mol. The molecular weight excluding hydrogens is 892 g/mol. The van der Waals surface area contributed by atoms with Gasteiger partial charge in [0.2, 0.25) is 0 Å². The number of nitrogens with zero attached hydrogens (tertiary/aromatic N) is 2. The van der Waals surface area contributed by atoms with E-state index in [1.807, 2.05) is 11.3 Å². The normalized spacial score (nSPS) is 13.5. The zero-order valence-corrected chi connectivity index (χ0v) is 46.0. The van der Waals surface area contributed by atoms with E-state index in [1.54, 1.807) is 0 Å². The molecule has 5 heteroatoms. The molecule has 0 saturated carbocycles. The van der Waals surface area contributed by atoms with Crippen LogP contribution >= 0.6 is 11.3 Å². The van der Waals surface area contributed by atoms with Gasteiger partial charge in [0.1, 0.15) is 11.5 Å². The van der Waals surface area contributed by atoms with Crippen LogP contribution in [-0.2, 0) is 21.7 Å². The van der Waals surface area contributed by atoms with Crippen molar-refractivity contribution < 1.29 is 4.74 Å². The van der Waals surface area contributed by atoms with Crippen LogP contribution in [0.3, 0.4) is 0 Å². The van der Waals surface area contributed by atoms with Crippen LogP contribution in [0.1, 0.15) is 122 Å². The summed E-state index contributed by atoms with van der Waals surface area (Å²) < 4.78 is 9.81. The Hall–Kier alpha value is -6.56. The fraction of sp³-hybridized carbons (Fsp3) is 0.284. The molecule has 0 saturated heterocycles. The standard InChI is InChI=1S/C67H69BN2OS/c1-40-32-41(2)61(42(3)33-40)43-34-56-62-59(35-43)71-58-31-25-47(67(13,14)15)37-54(58)68(62)53-36-46(66(10,11)12)24-30-55(53)70(56)50-38-52-51-18-16-17-19-60(51)72-63(52)57(39-50)69(48-26-20-44(21-27-48)64(4,5)6)49-28-22-45(23-29-49)65(7,8)9/h16-39H,1-15H3. The Kier molecular flexibility index (Phi) is 11.1. The number of ether oxygens (including phenoxy) is 1. The van der Waals surface area contributed by atoms with Gasteiger partial charge in [-0.1, -0.05) is 168 Å². The van der Waals surface area contributed by atoms with Crippen molar-refractivity contribution in [3.8, 4) is 22.6 Å². The Balaban J connectivity index is 1.25. The van der Waals surface area contributed by atoms with E-state index < -0.39 is 0 Å². The lowest BCUT2D eigenvalue weighted by molar-refractivity contribution is 0.486. The summed E-state index contributed by atoms with van der Waals surface area (Å²) in [7, 11) is 0. The number of rotatable bonds is 5. The van der Waals surface area contributed by atoms with E-state index in [9.17, 15) is 0 Å². The van der Waals surface area contributed by atoms with Gasteiger partial charge in [-0.25, -0.2) is 0 Å². The smallest absolute Gasteiger partial charge is 0.256 e. The van der Waals surface area contributed by atoms with E-state index in [0.29, 0.717) is 0 Å². The Bertz CT molecular complexity index is 3550. The van der Waals surface area contributed by atoms with Crippen molar-refractivity contribution in [3.05, 3.63) is 185 Å². The van der Waals surface area contributed by atoms with E-state index in [0.717, 1.165) is 45.5 Å². The summed E-state index contributed by atoms with van der Waals surface area (Å²) in [5.41, 5.74) is 22.0. The maximum Gasteiger partial charge on any atom is 0.256 e. The third kappa shape index (κ3) is 8.13. The van der Waals surface area contributed by atoms with Crippen LogP contribution in [0, 0.1) is 20.8 Å². The first kappa shape index (κ1) is 47.8. The Labute approximate surface area is 433 Å². The number of thiophene rings is 1. The predicted octanol–water partition coefficient (Wildman–Crippen LogP) is 17.7. The van der Waals surface area contributed by atoms with Crippen LogP contribution in [0.5, 0.6) is 11.5 Å². The maximum atomic E-state index is 7.28. The zero-order chi connectivity index (χ0) is 51.0. The highest BCUT2D eigenvalue weighted by molar-refractivity contribution is 7.26. The first-order valence-electron chi connectivity index (χ1n) is 25.9. The van der Waals surface area contributed by atoms with Crippen LogP contribution in [-0.4, -0.2) is 6.71 Å². The number of hydrogen-bond donors (Lipinski definition) is 0. The molecule has 8 aromatic carbocycles. The maximum absolute atomic E-state index is 7.28. The van der Waals surface area contributed by atoms with Crippen molar-refractivity contribution in [3.63, 3.8) is 0 Å². The second-order valence-corrected chi connectivity index (χ2v) is 26.0. The van der Waals surface area contributed by atoms with Gasteiger partial charge < -0.3 is 14.5 Å². The number of aryl methyl sites for hydroxylation is 3. The monoisotopic (exact) mass is 961 g/mol. The Morgan fingerprint density at radius 1 is 0.486 bits per heavy atom. The van der Waals surface area contributed by atoms with Crippen LogP contribution in [0.25, 0.3) is 31.3 Å². The highest BCUT2D eigenvalue weighted by atomic mass is 32.1. The highest BCUT2D eigenvalue weighted by Gasteiger charge is 2.44. The van der Waals surface area contributed by atoms with Crippen molar-refractivity contribution in [1.29, 1.82) is 0 Å². The van der Waals surface area contributed by atoms with Gasteiger partial charge in [-0.05, 0) is 170 Å². The summed E-state index contributed by atoms with van der Waals surface area (Å²) in [6.07, 6.45) is 0. The summed E-state index contributed by atoms with van der Waals surface area (Å²) in [6, 6.07) is 56.2. The second-order valence-electron chi connectivity index (χ2n) is 24.9. The zero-order valence-electron chi connectivity index (χ0n) is 45.1. The topological polar surface area (TPSA) is 15.7 Å². The molecule has 72 heavy (non-hydrogen) atoms. The molecule has 0 unspecified atom stereocenters. The third-order valence-corrected chi connectivity index (χ3v) is 16.6. The summed E-state index contributed by atoms with van der Waals surface area (Å²) in [5, 5.41) is 2.51. The molecule has 0 radical (unpaired) electrons. The molecule has 0 fully saturated rings. The fourth-order valence-electron chi connectivity index (χ4n) is 11.5. The van der Waals surface area contributed by atoms with Gasteiger partial charge in [0.25, 0.3) is 6.71 Å². The third-order valence-electron chi connectivity index (χ3n) is 15.4. The minimum absolute atomic E-state index is 0.0185. The number of benzene rings is 8. The fourth-order valence-corrected chi connectivity index (χ4v) is 12.7. The molecule has 3 nitrogen and oxygen atoms in total. The number of fused-ring (bicyclic) bond motifs is 7. The molecule has 0 atom stereocenters. The van der Waals surface area contributed by atoms with Crippen LogP contribution in [0.2, 0.25) is 0 Å². The molecule has 2 aliphatic rings. The van der Waals surface area contributed by atoms with Gasteiger partial charge >= 0.3 is 0 Å². The molecule has 11 rings (SSSR count). The van der Waals surface area contributed by atoms with E-state index in [4.69, 9.17) is 4.74 Å². The molecule has 1 aromatic heterocycles. The SMILES string of the molecule is Cc1cc(C)c(-c2cc3c4c(c2)N(c2cc(N(c5ccc(C(C)(C)C)cc5)c5ccc(C(C)(C)C)cc5)c5sc6ccccc6c5c2)c2ccc(C(C)(C)C)cc2B4c2cc(C(C)(C)C)ccc2O3)c(C)c1. The van der Waals surface area contributed by atoms with Crippen molar-refractivity contribution in [2.24, 2.45) is 0 Å². The lowest BCUT2D eigenvalue weighted by Crippen LogP contribution is -2.60. The first-order valence-corrected chi connectivity index (χ1v) is 26.8. The van der Waals surface area contributed by atoms with E-state index in [1.165, 1.54) is 86.8 Å². The quantitative estimate of drug-likeness (QED) is 0.160. The summed E-state index contributed by atoms with van der Waals surface area (Å²) in [5.74, 6) is 1.85.